The lowest BCUT2D eigenvalue weighted by molar-refractivity contribution is 0.0997. The van der Waals surface area contributed by atoms with Gasteiger partial charge in [-0.2, -0.15) is 0 Å². The molecule has 0 radical (unpaired) electrons. The van der Waals surface area contributed by atoms with E-state index in [2.05, 4.69) is 5.32 Å². The van der Waals surface area contributed by atoms with E-state index in [1.54, 1.807) is 42.5 Å². The fraction of sp³-hybridized carbons (Fsp3) is 0.0556. The van der Waals surface area contributed by atoms with E-state index in [4.69, 9.17) is 39.2 Å². The minimum Gasteiger partial charge on any atom is -0.451 e. The van der Waals surface area contributed by atoms with E-state index in [1.165, 1.54) is 0 Å². The SMILES string of the molecule is Cc1ccc(Cl)cc1NC(=O)c1ccc(-c2cc(Cl)ccc2Cl)o1. The van der Waals surface area contributed by atoms with Crippen LogP contribution in [0.5, 0.6) is 0 Å². The minimum atomic E-state index is -0.371. The zero-order valence-corrected chi connectivity index (χ0v) is 14.8. The number of hydrogen-bond acceptors (Lipinski definition) is 2. The predicted octanol–water partition coefficient (Wildman–Crippen LogP) is 6.47. The molecular weight excluding hydrogens is 369 g/mol. The average molecular weight is 381 g/mol. The largest absolute Gasteiger partial charge is 0.451 e. The van der Waals surface area contributed by atoms with Crippen molar-refractivity contribution in [1.82, 2.24) is 0 Å². The third-order valence-corrected chi connectivity index (χ3v) is 4.27. The van der Waals surface area contributed by atoms with Crippen LogP contribution in [0.2, 0.25) is 15.1 Å². The molecule has 1 aromatic heterocycles. The summed E-state index contributed by atoms with van der Waals surface area (Å²) in [5.41, 5.74) is 2.16. The van der Waals surface area contributed by atoms with Crippen molar-refractivity contribution in [1.29, 1.82) is 0 Å². The summed E-state index contributed by atoms with van der Waals surface area (Å²) in [4.78, 5) is 12.4. The van der Waals surface area contributed by atoms with E-state index in [-0.39, 0.29) is 11.7 Å². The summed E-state index contributed by atoms with van der Waals surface area (Å²) in [5, 5.41) is 4.35. The second-order valence-electron chi connectivity index (χ2n) is 5.20. The minimum absolute atomic E-state index is 0.167. The molecule has 0 aliphatic rings. The fourth-order valence-corrected chi connectivity index (χ4v) is 2.76. The summed E-state index contributed by atoms with van der Waals surface area (Å²) in [6, 6.07) is 13.6. The molecule has 0 saturated carbocycles. The van der Waals surface area contributed by atoms with Crippen molar-refractivity contribution in [2.24, 2.45) is 0 Å². The van der Waals surface area contributed by atoms with Gasteiger partial charge >= 0.3 is 0 Å². The lowest BCUT2D eigenvalue weighted by Crippen LogP contribution is -2.11. The maximum atomic E-state index is 12.4. The lowest BCUT2D eigenvalue weighted by Gasteiger charge is -2.07. The van der Waals surface area contributed by atoms with Crippen molar-refractivity contribution in [3.63, 3.8) is 0 Å². The van der Waals surface area contributed by atoms with E-state index in [1.807, 2.05) is 13.0 Å². The van der Waals surface area contributed by atoms with E-state index >= 15 is 0 Å². The number of benzene rings is 2. The third kappa shape index (κ3) is 3.59. The Morgan fingerprint density at radius 2 is 1.67 bits per heavy atom. The molecule has 0 atom stereocenters. The molecule has 1 N–H and O–H groups in total. The van der Waals surface area contributed by atoms with E-state index in [9.17, 15) is 4.79 Å². The van der Waals surface area contributed by atoms with Gasteiger partial charge in [0.1, 0.15) is 5.76 Å². The molecule has 0 aliphatic heterocycles. The van der Waals surface area contributed by atoms with Gasteiger partial charge in [-0.3, -0.25) is 4.79 Å². The number of hydrogen-bond donors (Lipinski definition) is 1. The van der Waals surface area contributed by atoms with Gasteiger partial charge in [-0.25, -0.2) is 0 Å². The summed E-state index contributed by atoms with van der Waals surface area (Å²) in [5.74, 6) is 0.264. The highest BCUT2D eigenvalue weighted by molar-refractivity contribution is 6.35. The van der Waals surface area contributed by atoms with Crippen LogP contribution >= 0.6 is 34.8 Å². The molecule has 2 aromatic carbocycles. The molecule has 0 unspecified atom stereocenters. The number of halogens is 3. The number of nitrogens with one attached hydrogen (secondary N) is 1. The van der Waals surface area contributed by atoms with Crippen LogP contribution in [0.3, 0.4) is 0 Å². The molecule has 122 valence electrons. The molecule has 0 bridgehead atoms. The number of anilines is 1. The number of carbonyl (C=O) groups excluding carboxylic acids is 1. The van der Waals surface area contributed by atoms with Crippen molar-refractivity contribution >= 4 is 46.4 Å². The first-order valence-electron chi connectivity index (χ1n) is 7.07. The van der Waals surface area contributed by atoms with Gasteiger partial charge in [0.2, 0.25) is 0 Å². The first-order valence-corrected chi connectivity index (χ1v) is 8.20. The predicted molar refractivity (Wildman–Crippen MR) is 98.3 cm³/mol. The summed E-state index contributed by atoms with van der Waals surface area (Å²) in [6.45, 7) is 1.88. The number of amides is 1. The molecule has 3 aromatic rings. The second kappa shape index (κ2) is 6.89. The van der Waals surface area contributed by atoms with Gasteiger partial charge in [0.05, 0.1) is 5.02 Å². The smallest absolute Gasteiger partial charge is 0.291 e. The molecule has 0 saturated heterocycles. The highest BCUT2D eigenvalue weighted by Crippen LogP contribution is 2.32. The molecule has 3 nitrogen and oxygen atoms in total. The molecule has 0 aliphatic carbocycles. The van der Waals surface area contributed by atoms with E-state index in [0.29, 0.717) is 32.1 Å². The fourth-order valence-electron chi connectivity index (χ4n) is 2.20. The van der Waals surface area contributed by atoms with Gasteiger partial charge in [0.25, 0.3) is 5.91 Å². The second-order valence-corrected chi connectivity index (χ2v) is 6.48. The number of rotatable bonds is 3. The first kappa shape index (κ1) is 16.9. The highest BCUT2D eigenvalue weighted by Gasteiger charge is 2.15. The van der Waals surface area contributed by atoms with Crippen LogP contribution in [0.1, 0.15) is 16.1 Å². The molecular formula is C18H12Cl3NO2. The molecule has 3 rings (SSSR count). The van der Waals surface area contributed by atoms with Gasteiger partial charge in [-0.05, 0) is 55.0 Å². The van der Waals surface area contributed by atoms with Crippen LogP contribution in [0, 0.1) is 6.92 Å². The Hall–Kier alpha value is -1.94. The Bertz CT molecular complexity index is 918. The van der Waals surface area contributed by atoms with Crippen molar-refractivity contribution in [3.05, 3.63) is 74.9 Å². The van der Waals surface area contributed by atoms with Crippen molar-refractivity contribution in [3.8, 4) is 11.3 Å². The van der Waals surface area contributed by atoms with E-state index < -0.39 is 0 Å². The first-order chi connectivity index (χ1) is 11.4. The Morgan fingerprint density at radius 1 is 0.958 bits per heavy atom. The van der Waals surface area contributed by atoms with Crippen molar-refractivity contribution in [2.75, 3.05) is 5.32 Å². The number of aryl methyl sites for hydroxylation is 1. The lowest BCUT2D eigenvalue weighted by atomic mass is 10.2. The van der Waals surface area contributed by atoms with E-state index in [0.717, 1.165) is 5.56 Å². The molecule has 24 heavy (non-hydrogen) atoms. The van der Waals surface area contributed by atoms with Crippen LogP contribution in [-0.2, 0) is 0 Å². The third-order valence-electron chi connectivity index (χ3n) is 3.47. The molecule has 1 heterocycles. The highest BCUT2D eigenvalue weighted by atomic mass is 35.5. The molecule has 6 heteroatoms. The Balaban J connectivity index is 1.86. The molecule has 0 spiro atoms. The van der Waals surface area contributed by atoms with Crippen LogP contribution in [0.25, 0.3) is 11.3 Å². The summed E-state index contributed by atoms with van der Waals surface area (Å²) >= 11 is 18.1. The Morgan fingerprint density at radius 3 is 2.46 bits per heavy atom. The monoisotopic (exact) mass is 379 g/mol. The standard InChI is InChI=1S/C18H12Cl3NO2/c1-10-2-3-12(20)9-15(10)22-18(23)17-7-6-16(24-17)13-8-11(19)4-5-14(13)21/h2-9H,1H3,(H,22,23). The van der Waals surface area contributed by atoms with Crippen LogP contribution in [0.15, 0.2) is 52.9 Å². The summed E-state index contributed by atoms with van der Waals surface area (Å²) in [6.07, 6.45) is 0. The van der Waals surface area contributed by atoms with Gasteiger partial charge in [-0.1, -0.05) is 40.9 Å². The van der Waals surface area contributed by atoms with Gasteiger partial charge < -0.3 is 9.73 Å². The quantitative estimate of drug-likeness (QED) is 0.566. The zero-order valence-electron chi connectivity index (χ0n) is 12.6. The van der Waals surface area contributed by atoms with Crippen LogP contribution in [-0.4, -0.2) is 5.91 Å². The van der Waals surface area contributed by atoms with Crippen molar-refractivity contribution in [2.45, 2.75) is 6.92 Å². The van der Waals surface area contributed by atoms with Gasteiger partial charge in [0.15, 0.2) is 5.76 Å². The topological polar surface area (TPSA) is 42.2 Å². The zero-order chi connectivity index (χ0) is 17.3. The summed E-state index contributed by atoms with van der Waals surface area (Å²) < 4.78 is 5.62. The maximum absolute atomic E-state index is 12.4. The number of furan rings is 1. The van der Waals surface area contributed by atoms with Crippen LogP contribution < -0.4 is 5.32 Å². The maximum Gasteiger partial charge on any atom is 0.291 e. The summed E-state index contributed by atoms with van der Waals surface area (Å²) in [7, 11) is 0. The number of carbonyl (C=O) groups is 1. The normalized spacial score (nSPS) is 10.7. The van der Waals surface area contributed by atoms with Crippen molar-refractivity contribution < 1.29 is 9.21 Å². The average Bonchev–Trinajstić information content (AvgIpc) is 3.03. The Kier molecular flexibility index (Phi) is 4.86. The molecule has 1 amide bonds. The van der Waals surface area contributed by atoms with Gasteiger partial charge in [-0.15, -0.1) is 0 Å². The molecule has 0 fully saturated rings. The Labute approximate surface area is 154 Å². The van der Waals surface area contributed by atoms with Crippen LogP contribution in [0.4, 0.5) is 5.69 Å². The van der Waals surface area contributed by atoms with Gasteiger partial charge in [0, 0.05) is 21.3 Å².